The summed E-state index contributed by atoms with van der Waals surface area (Å²) in [6.07, 6.45) is 21.4. The molecule has 0 unspecified atom stereocenters. The second-order valence-corrected chi connectivity index (χ2v) is 9.94. The van der Waals surface area contributed by atoms with E-state index in [0.29, 0.717) is 13.2 Å². The van der Waals surface area contributed by atoms with Crippen molar-refractivity contribution in [3.8, 4) is 0 Å². The topological polar surface area (TPSA) is 58.6 Å². The molecule has 0 aromatic rings. The third-order valence-corrected chi connectivity index (χ3v) is 7.59. The van der Waals surface area contributed by atoms with Crippen molar-refractivity contribution < 1.29 is 14.6 Å². The zero-order valence-corrected chi connectivity index (χ0v) is 19.8. The van der Waals surface area contributed by atoms with E-state index >= 15 is 0 Å². The maximum atomic E-state index is 11.7. The number of aliphatic hydroxyl groups excluding tert-OH is 1. The SMILES string of the molecule is CCCCCCCCCCCCCCCCCCNC(=O)OCC1(CO)CSC1. The third-order valence-electron chi connectivity index (χ3n) is 5.96. The number of carbonyl (C=O) groups excluding carboxylic acids is 1. The fourth-order valence-electron chi connectivity index (χ4n) is 3.74. The highest BCUT2D eigenvalue weighted by molar-refractivity contribution is 8.00. The molecule has 0 aromatic carbocycles. The van der Waals surface area contributed by atoms with Crippen LogP contribution in [0.4, 0.5) is 4.79 Å². The van der Waals surface area contributed by atoms with Crippen molar-refractivity contribution in [3.05, 3.63) is 0 Å². The Kier molecular flexibility index (Phi) is 16.8. The van der Waals surface area contributed by atoms with Gasteiger partial charge < -0.3 is 15.2 Å². The average molecular weight is 430 g/mol. The quantitative estimate of drug-likeness (QED) is 0.211. The molecular weight excluding hydrogens is 382 g/mol. The van der Waals surface area contributed by atoms with Crippen LogP contribution in [-0.4, -0.2) is 42.5 Å². The number of amides is 1. The molecular formula is C24H47NO3S. The van der Waals surface area contributed by atoms with E-state index in [1.807, 2.05) is 0 Å². The van der Waals surface area contributed by atoms with Crippen molar-refractivity contribution in [3.63, 3.8) is 0 Å². The van der Waals surface area contributed by atoms with E-state index in [1.165, 1.54) is 96.3 Å². The van der Waals surface area contributed by atoms with Crippen molar-refractivity contribution in [2.75, 3.05) is 31.3 Å². The Morgan fingerprint density at radius 3 is 1.66 bits per heavy atom. The lowest BCUT2D eigenvalue weighted by Gasteiger charge is -2.38. The standard InChI is InChI=1S/C24H47NO3S/c1-2-3-4-5-6-7-8-9-10-11-12-13-14-15-16-17-18-25-23(27)28-20-24(19-26)21-29-22-24/h26H,2-22H2,1H3,(H,25,27). The maximum Gasteiger partial charge on any atom is 0.407 e. The molecule has 0 spiro atoms. The van der Waals surface area contributed by atoms with E-state index in [1.54, 1.807) is 11.8 Å². The normalized spacial score (nSPS) is 15.1. The molecule has 1 amide bonds. The lowest BCUT2D eigenvalue weighted by atomic mass is 9.94. The molecule has 1 fully saturated rings. The number of carbonyl (C=O) groups is 1. The van der Waals surface area contributed by atoms with E-state index in [0.717, 1.165) is 17.9 Å². The van der Waals surface area contributed by atoms with Crippen molar-refractivity contribution in [2.24, 2.45) is 5.41 Å². The van der Waals surface area contributed by atoms with Gasteiger partial charge in [-0.05, 0) is 6.42 Å². The van der Waals surface area contributed by atoms with Gasteiger partial charge in [-0.25, -0.2) is 4.79 Å². The molecule has 29 heavy (non-hydrogen) atoms. The second kappa shape index (κ2) is 18.4. The van der Waals surface area contributed by atoms with Crippen LogP contribution in [0, 0.1) is 5.41 Å². The van der Waals surface area contributed by atoms with Gasteiger partial charge in [0.1, 0.15) is 6.61 Å². The minimum absolute atomic E-state index is 0.104. The zero-order chi connectivity index (χ0) is 21.0. The molecule has 1 rings (SSSR count). The minimum atomic E-state index is -0.337. The first kappa shape index (κ1) is 26.6. The largest absolute Gasteiger partial charge is 0.449 e. The first-order valence-electron chi connectivity index (χ1n) is 12.3. The van der Waals surface area contributed by atoms with Gasteiger partial charge in [-0.3, -0.25) is 0 Å². The van der Waals surface area contributed by atoms with E-state index in [9.17, 15) is 9.90 Å². The molecule has 4 nitrogen and oxygen atoms in total. The third kappa shape index (κ3) is 14.3. The summed E-state index contributed by atoms with van der Waals surface area (Å²) in [7, 11) is 0. The predicted molar refractivity (Wildman–Crippen MR) is 126 cm³/mol. The number of thioether (sulfide) groups is 1. The summed E-state index contributed by atoms with van der Waals surface area (Å²) < 4.78 is 5.25. The first-order valence-corrected chi connectivity index (χ1v) is 13.5. The van der Waals surface area contributed by atoms with Crippen molar-refractivity contribution >= 4 is 17.9 Å². The van der Waals surface area contributed by atoms with Crippen LogP contribution in [0.25, 0.3) is 0 Å². The average Bonchev–Trinajstić information content (AvgIpc) is 2.70. The smallest absolute Gasteiger partial charge is 0.407 e. The van der Waals surface area contributed by atoms with Gasteiger partial charge in [0.2, 0.25) is 0 Å². The fraction of sp³-hybridized carbons (Fsp3) is 0.958. The molecule has 0 atom stereocenters. The second-order valence-electron chi connectivity index (χ2n) is 8.96. The van der Waals surface area contributed by atoms with Crippen molar-refractivity contribution in [1.82, 2.24) is 5.32 Å². The van der Waals surface area contributed by atoms with Crippen LogP contribution in [0.1, 0.15) is 110 Å². The Bertz CT molecular complexity index is 383. The molecule has 5 heteroatoms. The van der Waals surface area contributed by atoms with Gasteiger partial charge >= 0.3 is 6.09 Å². The number of hydrogen-bond acceptors (Lipinski definition) is 4. The number of ether oxygens (including phenoxy) is 1. The van der Waals surface area contributed by atoms with Crippen molar-refractivity contribution in [1.29, 1.82) is 0 Å². The van der Waals surface area contributed by atoms with Crippen LogP contribution in [0.3, 0.4) is 0 Å². The molecule has 0 aromatic heterocycles. The van der Waals surface area contributed by atoms with Gasteiger partial charge in [0.25, 0.3) is 0 Å². The minimum Gasteiger partial charge on any atom is -0.449 e. The lowest BCUT2D eigenvalue weighted by Crippen LogP contribution is -2.45. The van der Waals surface area contributed by atoms with Gasteiger partial charge in [-0.15, -0.1) is 0 Å². The summed E-state index contributed by atoms with van der Waals surface area (Å²) >= 11 is 1.79. The first-order chi connectivity index (χ1) is 14.2. The van der Waals surface area contributed by atoms with Crippen LogP contribution < -0.4 is 5.32 Å². The monoisotopic (exact) mass is 429 g/mol. The zero-order valence-electron chi connectivity index (χ0n) is 19.0. The molecule has 172 valence electrons. The summed E-state index contributed by atoms with van der Waals surface area (Å²) in [6, 6.07) is 0. The van der Waals surface area contributed by atoms with Crippen LogP contribution >= 0.6 is 11.8 Å². The summed E-state index contributed by atoms with van der Waals surface area (Å²) in [6.45, 7) is 3.41. The number of hydrogen-bond donors (Lipinski definition) is 2. The Hall–Kier alpha value is -0.420. The highest BCUT2D eigenvalue weighted by Crippen LogP contribution is 2.37. The van der Waals surface area contributed by atoms with Gasteiger partial charge in [0.05, 0.1) is 6.61 Å². The summed E-state index contributed by atoms with van der Waals surface area (Å²) in [5.41, 5.74) is -0.184. The Morgan fingerprint density at radius 2 is 1.28 bits per heavy atom. The summed E-state index contributed by atoms with van der Waals surface area (Å²) in [5, 5.41) is 12.2. The number of unbranched alkanes of at least 4 members (excludes halogenated alkanes) is 15. The number of nitrogens with one attached hydrogen (secondary N) is 1. The van der Waals surface area contributed by atoms with Crippen LogP contribution in [-0.2, 0) is 4.74 Å². The molecule has 0 bridgehead atoms. The highest BCUT2D eigenvalue weighted by Gasteiger charge is 2.38. The van der Waals surface area contributed by atoms with E-state index in [4.69, 9.17) is 4.74 Å². The summed E-state index contributed by atoms with van der Waals surface area (Å²) in [5.74, 6) is 1.77. The molecule has 2 N–H and O–H groups in total. The van der Waals surface area contributed by atoms with Gasteiger partial charge in [0, 0.05) is 23.5 Å². The Labute approximate surface area is 184 Å². The molecule has 0 aliphatic carbocycles. The molecule has 0 saturated carbocycles. The lowest BCUT2D eigenvalue weighted by molar-refractivity contribution is 0.0602. The van der Waals surface area contributed by atoms with Crippen LogP contribution in [0.5, 0.6) is 0 Å². The van der Waals surface area contributed by atoms with Gasteiger partial charge in [-0.1, -0.05) is 103 Å². The van der Waals surface area contributed by atoms with Crippen LogP contribution in [0.15, 0.2) is 0 Å². The molecule has 1 heterocycles. The number of rotatable bonds is 20. The predicted octanol–water partition coefficient (Wildman–Crippen LogP) is 6.70. The van der Waals surface area contributed by atoms with E-state index in [-0.39, 0.29) is 18.1 Å². The number of aliphatic hydroxyl groups is 1. The highest BCUT2D eigenvalue weighted by atomic mass is 32.2. The maximum absolute atomic E-state index is 11.7. The van der Waals surface area contributed by atoms with Crippen molar-refractivity contribution in [2.45, 2.75) is 110 Å². The molecule has 1 aliphatic heterocycles. The van der Waals surface area contributed by atoms with Gasteiger partial charge in [0.15, 0.2) is 0 Å². The Balaban J connectivity index is 1.73. The van der Waals surface area contributed by atoms with E-state index in [2.05, 4.69) is 12.2 Å². The molecule has 0 radical (unpaired) electrons. The van der Waals surface area contributed by atoms with Gasteiger partial charge in [-0.2, -0.15) is 11.8 Å². The van der Waals surface area contributed by atoms with Crippen LogP contribution in [0.2, 0.25) is 0 Å². The number of alkyl carbamates (subject to hydrolysis) is 1. The summed E-state index contributed by atoms with van der Waals surface area (Å²) in [4.78, 5) is 11.7. The molecule has 1 saturated heterocycles. The Morgan fingerprint density at radius 1 is 0.828 bits per heavy atom. The molecule has 1 aliphatic rings. The van der Waals surface area contributed by atoms with E-state index < -0.39 is 0 Å². The fourth-order valence-corrected chi connectivity index (χ4v) is 4.87.